The van der Waals surface area contributed by atoms with Crippen LogP contribution in [0, 0.1) is 0 Å². The molecule has 1 aromatic heterocycles. The van der Waals surface area contributed by atoms with Gasteiger partial charge in [0.1, 0.15) is 11.5 Å². The number of para-hydroxylation sites is 3. The average Bonchev–Trinajstić information content (AvgIpc) is 2.97. The van der Waals surface area contributed by atoms with Crippen LogP contribution in [0.3, 0.4) is 0 Å². The van der Waals surface area contributed by atoms with Crippen LogP contribution < -0.4 is 19.9 Å². The van der Waals surface area contributed by atoms with Gasteiger partial charge in [-0.15, -0.1) is 0 Å². The van der Waals surface area contributed by atoms with E-state index in [4.69, 9.17) is 14.5 Å². The lowest BCUT2D eigenvalue weighted by Gasteiger charge is -2.36. The van der Waals surface area contributed by atoms with Crippen molar-refractivity contribution in [2.75, 3.05) is 50.5 Å². The summed E-state index contributed by atoms with van der Waals surface area (Å²) >= 11 is 1.28. The number of rotatable bonds is 8. The number of hydrogen-bond donors (Lipinski definition) is 0. The number of piperazine rings is 1. The summed E-state index contributed by atoms with van der Waals surface area (Å²) in [6.45, 7) is 5.15. The van der Waals surface area contributed by atoms with Crippen LogP contribution in [0.1, 0.15) is 6.92 Å². The minimum atomic E-state index is -0.189. The number of carbonyl (C=O) groups excluding carboxylic acids is 1. The molecule has 1 aliphatic heterocycles. The number of carbonyl (C=O) groups is 1. The predicted molar refractivity (Wildman–Crippen MR) is 151 cm³/mol. The quantitative estimate of drug-likeness (QED) is 0.249. The summed E-state index contributed by atoms with van der Waals surface area (Å²) < 4.78 is 12.6. The van der Waals surface area contributed by atoms with E-state index in [0.717, 1.165) is 24.5 Å². The number of aromatic nitrogens is 2. The van der Waals surface area contributed by atoms with Gasteiger partial charge in [0.2, 0.25) is 5.91 Å². The highest BCUT2D eigenvalue weighted by atomic mass is 32.2. The van der Waals surface area contributed by atoms with Crippen LogP contribution in [0.15, 0.2) is 82.7 Å². The molecule has 0 atom stereocenters. The Bertz CT molecular complexity index is 1480. The first-order valence-corrected chi connectivity index (χ1v) is 13.6. The highest BCUT2D eigenvalue weighted by Crippen LogP contribution is 2.28. The molecule has 0 aliphatic carbocycles. The minimum absolute atomic E-state index is 0.0245. The molecule has 1 fully saturated rings. The molecule has 3 aromatic carbocycles. The lowest BCUT2D eigenvalue weighted by molar-refractivity contribution is -0.128. The predicted octanol–water partition coefficient (Wildman–Crippen LogP) is 4.23. The zero-order valence-electron chi connectivity index (χ0n) is 21.5. The van der Waals surface area contributed by atoms with E-state index in [-0.39, 0.29) is 17.2 Å². The molecule has 9 heteroatoms. The van der Waals surface area contributed by atoms with E-state index in [1.807, 2.05) is 78.6 Å². The molecule has 2 heterocycles. The van der Waals surface area contributed by atoms with Crippen LogP contribution in [0.2, 0.25) is 0 Å². The van der Waals surface area contributed by atoms with Gasteiger partial charge in [-0.2, -0.15) is 0 Å². The normalized spacial score (nSPS) is 13.5. The molecule has 5 rings (SSSR count). The molecule has 0 unspecified atom stereocenters. The number of thioether (sulfide) groups is 1. The highest BCUT2D eigenvalue weighted by molar-refractivity contribution is 7.99. The third kappa shape index (κ3) is 5.33. The van der Waals surface area contributed by atoms with Crippen molar-refractivity contribution in [2.45, 2.75) is 12.1 Å². The zero-order chi connectivity index (χ0) is 26.5. The fourth-order valence-electron chi connectivity index (χ4n) is 4.57. The van der Waals surface area contributed by atoms with Gasteiger partial charge in [0.05, 0.1) is 36.1 Å². The molecule has 38 heavy (non-hydrogen) atoms. The third-order valence-electron chi connectivity index (χ3n) is 6.55. The van der Waals surface area contributed by atoms with E-state index >= 15 is 0 Å². The minimum Gasteiger partial charge on any atom is -0.497 e. The van der Waals surface area contributed by atoms with Crippen LogP contribution in [0.5, 0.6) is 11.5 Å². The van der Waals surface area contributed by atoms with Crippen molar-refractivity contribution in [3.05, 3.63) is 83.2 Å². The van der Waals surface area contributed by atoms with E-state index < -0.39 is 0 Å². The second-order valence-corrected chi connectivity index (χ2v) is 9.75. The Morgan fingerprint density at radius 3 is 2.39 bits per heavy atom. The molecule has 0 bridgehead atoms. The SMILES string of the molecule is CCOc1ccccc1-n1c(SCC(=O)N2CCN(c3ccc(OC)cc3)CC2)nc2ccccc2c1=O. The van der Waals surface area contributed by atoms with Gasteiger partial charge in [0.25, 0.3) is 5.56 Å². The van der Waals surface area contributed by atoms with Crippen molar-refractivity contribution in [2.24, 2.45) is 0 Å². The Morgan fingerprint density at radius 1 is 0.947 bits per heavy atom. The van der Waals surface area contributed by atoms with Crippen LogP contribution >= 0.6 is 11.8 Å². The first-order chi connectivity index (χ1) is 18.6. The summed E-state index contributed by atoms with van der Waals surface area (Å²) in [6, 6.07) is 22.7. The lowest BCUT2D eigenvalue weighted by Crippen LogP contribution is -2.49. The number of nitrogens with zero attached hydrogens (tertiary/aromatic N) is 4. The topological polar surface area (TPSA) is 76.9 Å². The maximum atomic E-state index is 13.6. The largest absolute Gasteiger partial charge is 0.497 e. The average molecular weight is 531 g/mol. The van der Waals surface area contributed by atoms with Crippen LogP contribution in [0.25, 0.3) is 16.6 Å². The molecule has 1 amide bonds. The Hall–Kier alpha value is -3.98. The highest BCUT2D eigenvalue weighted by Gasteiger charge is 2.23. The Balaban J connectivity index is 1.34. The van der Waals surface area contributed by atoms with Gasteiger partial charge < -0.3 is 19.3 Å². The third-order valence-corrected chi connectivity index (χ3v) is 7.47. The number of fused-ring (bicyclic) bond motifs is 1. The Morgan fingerprint density at radius 2 is 1.66 bits per heavy atom. The van der Waals surface area contributed by atoms with E-state index in [1.165, 1.54) is 11.8 Å². The number of amides is 1. The summed E-state index contributed by atoms with van der Waals surface area (Å²) in [6.07, 6.45) is 0. The summed E-state index contributed by atoms with van der Waals surface area (Å²) in [5.74, 6) is 1.63. The molecule has 0 N–H and O–H groups in total. The summed E-state index contributed by atoms with van der Waals surface area (Å²) in [5.41, 5.74) is 2.14. The van der Waals surface area contributed by atoms with Crippen molar-refractivity contribution in [1.82, 2.24) is 14.5 Å². The first-order valence-electron chi connectivity index (χ1n) is 12.6. The molecule has 1 aliphatic rings. The van der Waals surface area contributed by atoms with Crippen LogP contribution in [0.4, 0.5) is 5.69 Å². The van der Waals surface area contributed by atoms with E-state index in [0.29, 0.717) is 47.2 Å². The van der Waals surface area contributed by atoms with Gasteiger partial charge in [0.15, 0.2) is 5.16 Å². The van der Waals surface area contributed by atoms with Crippen molar-refractivity contribution in [1.29, 1.82) is 0 Å². The standard InChI is InChI=1S/C29H30N4O4S/c1-3-37-26-11-7-6-10-25(26)33-28(35)23-8-4-5-9-24(23)30-29(33)38-20-27(34)32-18-16-31(17-19-32)21-12-14-22(36-2)15-13-21/h4-15H,3,16-20H2,1-2H3. The van der Waals surface area contributed by atoms with E-state index in [1.54, 1.807) is 17.7 Å². The number of benzene rings is 3. The first kappa shape index (κ1) is 25.7. The fourth-order valence-corrected chi connectivity index (χ4v) is 5.47. The Labute approximate surface area is 225 Å². The van der Waals surface area contributed by atoms with Gasteiger partial charge in [-0.25, -0.2) is 4.98 Å². The van der Waals surface area contributed by atoms with Gasteiger partial charge in [0, 0.05) is 31.9 Å². The molecule has 1 saturated heterocycles. The molecule has 8 nitrogen and oxygen atoms in total. The van der Waals surface area contributed by atoms with Crippen LogP contribution in [-0.2, 0) is 4.79 Å². The second-order valence-electron chi connectivity index (χ2n) is 8.81. The number of methoxy groups -OCH3 is 1. The summed E-state index contributed by atoms with van der Waals surface area (Å²) in [4.78, 5) is 35.7. The van der Waals surface area contributed by atoms with Crippen molar-refractivity contribution in [3.8, 4) is 17.2 Å². The number of ether oxygens (including phenoxy) is 2. The molecule has 196 valence electrons. The van der Waals surface area contributed by atoms with Gasteiger partial charge in [-0.3, -0.25) is 14.2 Å². The van der Waals surface area contributed by atoms with Gasteiger partial charge >= 0.3 is 0 Å². The van der Waals surface area contributed by atoms with Gasteiger partial charge in [-0.1, -0.05) is 36.0 Å². The van der Waals surface area contributed by atoms with Gasteiger partial charge in [-0.05, 0) is 55.5 Å². The number of hydrogen-bond acceptors (Lipinski definition) is 7. The molecule has 0 radical (unpaired) electrons. The summed E-state index contributed by atoms with van der Waals surface area (Å²) in [5, 5.41) is 0.982. The maximum absolute atomic E-state index is 13.6. The summed E-state index contributed by atoms with van der Waals surface area (Å²) in [7, 11) is 1.65. The molecule has 0 saturated carbocycles. The monoisotopic (exact) mass is 530 g/mol. The number of anilines is 1. The molecular weight excluding hydrogens is 500 g/mol. The molecule has 0 spiro atoms. The van der Waals surface area contributed by atoms with E-state index in [9.17, 15) is 9.59 Å². The fraction of sp³-hybridized carbons (Fsp3) is 0.276. The van der Waals surface area contributed by atoms with Crippen molar-refractivity contribution in [3.63, 3.8) is 0 Å². The van der Waals surface area contributed by atoms with Crippen LogP contribution in [-0.4, -0.2) is 66.0 Å². The van der Waals surface area contributed by atoms with E-state index in [2.05, 4.69) is 4.90 Å². The van der Waals surface area contributed by atoms with Crippen molar-refractivity contribution < 1.29 is 14.3 Å². The second kappa shape index (κ2) is 11.6. The maximum Gasteiger partial charge on any atom is 0.266 e. The Kier molecular flexibility index (Phi) is 7.83. The zero-order valence-corrected chi connectivity index (χ0v) is 22.3. The molecule has 4 aromatic rings. The molecular formula is C29H30N4O4S. The van der Waals surface area contributed by atoms with Crippen molar-refractivity contribution >= 4 is 34.3 Å². The smallest absolute Gasteiger partial charge is 0.266 e. The lowest BCUT2D eigenvalue weighted by atomic mass is 10.2.